The lowest BCUT2D eigenvalue weighted by Crippen LogP contribution is -2.61. The number of fused-ring (bicyclic) bond motifs is 4. The van der Waals surface area contributed by atoms with Crippen molar-refractivity contribution in [2.45, 2.75) is 97.3 Å². The summed E-state index contributed by atoms with van der Waals surface area (Å²) in [5.41, 5.74) is -1.68. The Hall–Kier alpha value is -1.92. The van der Waals surface area contributed by atoms with Crippen LogP contribution in [0, 0.1) is 40.4 Å². The lowest BCUT2D eigenvalue weighted by atomic mass is 9.53. The molecular weight excluding hydrogens is 454 g/mol. The van der Waals surface area contributed by atoms with Gasteiger partial charge in [0.15, 0.2) is 5.78 Å². The number of rotatable bonds is 1. The Kier molecular flexibility index (Phi) is 6.11. The van der Waals surface area contributed by atoms with E-state index in [4.69, 9.17) is 0 Å². The molecule has 0 unspecified atom stereocenters. The van der Waals surface area contributed by atoms with Gasteiger partial charge in [0.1, 0.15) is 16.9 Å². The fourth-order valence-corrected chi connectivity index (χ4v) is 8.64. The smallest absolute Gasteiger partial charge is 0.259 e. The lowest BCUT2D eigenvalue weighted by molar-refractivity contribution is -0.126. The molecule has 5 aliphatic rings. The maximum absolute atomic E-state index is 14.4. The fourth-order valence-electron chi connectivity index (χ4n) is 8.64. The number of carbonyl (C=O) groups is 2. The van der Waals surface area contributed by atoms with Crippen LogP contribution in [0.5, 0.6) is 0 Å². The maximum atomic E-state index is 14.4. The molecule has 1 saturated carbocycles. The summed E-state index contributed by atoms with van der Waals surface area (Å²) in [6.45, 7) is 10.2. The zero-order valence-electron chi connectivity index (χ0n) is 22.4. The minimum absolute atomic E-state index is 0.0642. The van der Waals surface area contributed by atoms with Gasteiger partial charge in [-0.15, -0.1) is 0 Å². The van der Waals surface area contributed by atoms with E-state index in [1.807, 2.05) is 19.9 Å². The predicted octanol–water partition coefficient (Wildman–Crippen LogP) is 4.38. The number of Topliss-reactive ketones (excluding diaryl/α,β-unsaturated/α-hetero) is 1. The van der Waals surface area contributed by atoms with Crippen LogP contribution in [0.1, 0.15) is 79.6 Å². The number of amides is 1. The van der Waals surface area contributed by atoms with E-state index >= 15 is 0 Å². The number of carbonyl (C=O) groups excluding carboxylic acids is 2. The first kappa shape index (κ1) is 25.7. The second-order valence-electron chi connectivity index (χ2n) is 13.0. The molecule has 36 heavy (non-hydrogen) atoms. The van der Waals surface area contributed by atoms with Gasteiger partial charge in [0.05, 0.1) is 12.2 Å². The van der Waals surface area contributed by atoms with Crippen molar-refractivity contribution >= 4 is 11.7 Å². The number of nitrogens with one attached hydrogen (secondary N) is 1. The molecule has 0 aromatic heterocycles. The SMILES string of the molecule is CC[C@@H]1C[C@@]2(C)C=C(C)[C@@H](C)C[C@]23NC(=O)/C(=C(/O)[C@@]2(C)[C@@H]4CCC[C@H](O)[C@H]4C=C[C@H]2C[C@H]1O)C3=O. The molecule has 198 valence electrons. The van der Waals surface area contributed by atoms with Crippen LogP contribution in [0.2, 0.25) is 0 Å². The number of aliphatic hydroxyl groups is 3. The van der Waals surface area contributed by atoms with Gasteiger partial charge in [-0.05, 0) is 62.7 Å². The molecule has 10 atom stereocenters. The minimum Gasteiger partial charge on any atom is -0.511 e. The van der Waals surface area contributed by atoms with Crippen LogP contribution < -0.4 is 5.32 Å². The van der Waals surface area contributed by atoms with E-state index in [-0.39, 0.29) is 46.7 Å². The van der Waals surface area contributed by atoms with Crippen molar-refractivity contribution in [3.05, 3.63) is 35.1 Å². The number of allylic oxidation sites excluding steroid dienone is 3. The van der Waals surface area contributed by atoms with E-state index in [1.54, 1.807) is 0 Å². The summed E-state index contributed by atoms with van der Waals surface area (Å²) in [6, 6.07) is 0. The highest BCUT2D eigenvalue weighted by Gasteiger charge is 2.64. The van der Waals surface area contributed by atoms with Gasteiger partial charge >= 0.3 is 0 Å². The van der Waals surface area contributed by atoms with E-state index < -0.39 is 34.5 Å². The Morgan fingerprint density at radius 3 is 2.50 bits per heavy atom. The average Bonchev–Trinajstić information content (AvgIpc) is 3.07. The van der Waals surface area contributed by atoms with E-state index in [1.165, 1.54) is 5.57 Å². The van der Waals surface area contributed by atoms with Crippen LogP contribution in [0.3, 0.4) is 0 Å². The van der Waals surface area contributed by atoms with Gasteiger partial charge in [-0.2, -0.15) is 0 Å². The summed E-state index contributed by atoms with van der Waals surface area (Å²) in [7, 11) is 0. The quantitative estimate of drug-likeness (QED) is 0.318. The van der Waals surface area contributed by atoms with E-state index in [0.717, 1.165) is 19.3 Å². The molecule has 4 aliphatic carbocycles. The number of hydrogen-bond acceptors (Lipinski definition) is 5. The summed E-state index contributed by atoms with van der Waals surface area (Å²) in [4.78, 5) is 28.1. The summed E-state index contributed by atoms with van der Waals surface area (Å²) >= 11 is 0. The fraction of sp³-hybridized carbons (Fsp3) is 0.733. The second kappa shape index (κ2) is 8.56. The van der Waals surface area contributed by atoms with Gasteiger partial charge in [0.25, 0.3) is 5.91 Å². The first-order valence-electron chi connectivity index (χ1n) is 13.9. The zero-order valence-corrected chi connectivity index (χ0v) is 22.4. The normalized spacial score (nSPS) is 50.9. The highest BCUT2D eigenvalue weighted by Crippen LogP contribution is 2.59. The average molecular weight is 498 g/mol. The molecule has 6 heteroatoms. The minimum atomic E-state index is -1.15. The molecule has 1 amide bonds. The predicted molar refractivity (Wildman–Crippen MR) is 138 cm³/mol. The third-order valence-electron chi connectivity index (χ3n) is 11.1. The van der Waals surface area contributed by atoms with Crippen molar-refractivity contribution in [2.75, 3.05) is 0 Å². The zero-order chi connectivity index (χ0) is 26.2. The molecular formula is C30H43NO5. The molecule has 1 spiro atoms. The first-order chi connectivity index (χ1) is 16.9. The first-order valence-corrected chi connectivity index (χ1v) is 13.9. The van der Waals surface area contributed by atoms with Crippen molar-refractivity contribution in [3.8, 4) is 0 Å². The molecule has 5 rings (SSSR count). The number of hydrogen-bond donors (Lipinski definition) is 4. The Bertz CT molecular complexity index is 1060. The van der Waals surface area contributed by atoms with Crippen molar-refractivity contribution < 1.29 is 24.9 Å². The largest absolute Gasteiger partial charge is 0.511 e. The van der Waals surface area contributed by atoms with E-state index in [0.29, 0.717) is 25.7 Å². The van der Waals surface area contributed by atoms with E-state index in [9.17, 15) is 24.9 Å². The maximum Gasteiger partial charge on any atom is 0.259 e. The van der Waals surface area contributed by atoms with Crippen LogP contribution in [-0.4, -0.2) is 44.8 Å². The topological polar surface area (TPSA) is 107 Å². The molecule has 6 nitrogen and oxygen atoms in total. The monoisotopic (exact) mass is 497 g/mol. The Morgan fingerprint density at radius 2 is 1.81 bits per heavy atom. The van der Waals surface area contributed by atoms with Crippen molar-refractivity contribution in [3.63, 3.8) is 0 Å². The van der Waals surface area contributed by atoms with Gasteiger partial charge in [0.2, 0.25) is 0 Å². The molecule has 1 aliphatic heterocycles. The molecule has 1 heterocycles. The van der Waals surface area contributed by atoms with Gasteiger partial charge in [-0.25, -0.2) is 0 Å². The van der Waals surface area contributed by atoms with E-state index in [2.05, 4.69) is 38.2 Å². The van der Waals surface area contributed by atoms with Gasteiger partial charge in [-0.1, -0.05) is 64.3 Å². The van der Waals surface area contributed by atoms with Crippen molar-refractivity contribution in [1.82, 2.24) is 5.32 Å². The third kappa shape index (κ3) is 3.36. The Labute approximate surface area is 214 Å². The third-order valence-corrected chi connectivity index (χ3v) is 11.1. The molecule has 0 aromatic carbocycles. The lowest BCUT2D eigenvalue weighted by Gasteiger charge is -2.52. The van der Waals surface area contributed by atoms with Crippen molar-refractivity contribution in [1.29, 1.82) is 0 Å². The van der Waals surface area contributed by atoms with Crippen LogP contribution in [0.15, 0.2) is 35.1 Å². The number of aliphatic hydroxyl groups excluding tert-OH is 3. The van der Waals surface area contributed by atoms with Gasteiger partial charge in [-0.3, -0.25) is 9.59 Å². The Morgan fingerprint density at radius 1 is 1.08 bits per heavy atom. The number of ketones is 1. The van der Waals surface area contributed by atoms with Gasteiger partial charge < -0.3 is 20.6 Å². The van der Waals surface area contributed by atoms with Crippen molar-refractivity contribution in [2.24, 2.45) is 40.4 Å². The highest BCUT2D eigenvalue weighted by molar-refractivity contribution is 6.29. The van der Waals surface area contributed by atoms with Crippen LogP contribution in [0.25, 0.3) is 0 Å². The second-order valence-corrected chi connectivity index (χ2v) is 13.0. The molecule has 1 saturated heterocycles. The molecule has 0 aromatic rings. The summed E-state index contributed by atoms with van der Waals surface area (Å²) in [5, 5.41) is 37.6. The summed E-state index contributed by atoms with van der Waals surface area (Å²) in [6.07, 6.45) is 9.66. The molecule has 2 bridgehead atoms. The standard InChI is InChI=1S/C30H43NO5/c1-6-18-15-28(4)13-16(2)17(3)14-30(28)26(35)24(27(36)31-30)25(34)29(5)19(12-23(18)33)10-11-20-21(29)8-7-9-22(20)32/h10-11,13,17-23,32-34H,6-9,12,14-15H2,1-5H3,(H,31,36)/b25-24+/t17-,18+,19-,20-,21+,22-,23+,28+,29+,30+/m0/s1. The van der Waals surface area contributed by atoms with Crippen LogP contribution >= 0.6 is 0 Å². The highest BCUT2D eigenvalue weighted by atomic mass is 16.3. The molecule has 2 fully saturated rings. The molecule has 0 radical (unpaired) electrons. The van der Waals surface area contributed by atoms with Gasteiger partial charge in [0, 0.05) is 16.7 Å². The Balaban J connectivity index is 1.76. The molecule has 4 N–H and O–H groups in total. The summed E-state index contributed by atoms with van der Waals surface area (Å²) in [5.74, 6) is -1.41. The summed E-state index contributed by atoms with van der Waals surface area (Å²) < 4.78 is 0. The van der Waals surface area contributed by atoms with Crippen LogP contribution in [0.4, 0.5) is 0 Å². The van der Waals surface area contributed by atoms with Crippen LogP contribution in [-0.2, 0) is 9.59 Å².